The second-order valence-electron chi connectivity index (χ2n) is 2.52. The summed E-state index contributed by atoms with van der Waals surface area (Å²) in [7, 11) is 0. The molecule has 66 valence electrons. The third kappa shape index (κ3) is 3.46. The number of benzene rings is 1. The quantitative estimate of drug-likeness (QED) is 0.535. The number of hydrogen-bond donors (Lipinski definition) is 0. The number of thioether (sulfide) groups is 1. The maximum Gasteiger partial charge on any atom is 0.182 e. The summed E-state index contributed by atoms with van der Waals surface area (Å²) in [6.45, 7) is 2.02. The lowest BCUT2D eigenvalue weighted by molar-refractivity contribution is 0.481. The van der Waals surface area contributed by atoms with E-state index in [4.69, 9.17) is 11.6 Å². The maximum atomic E-state index is 12.2. The van der Waals surface area contributed by atoms with Crippen LogP contribution in [0.5, 0.6) is 0 Å². The van der Waals surface area contributed by atoms with Crippen molar-refractivity contribution in [2.24, 2.45) is 0 Å². The van der Waals surface area contributed by atoms with Gasteiger partial charge < -0.3 is 0 Å². The Kier molecular flexibility index (Phi) is 3.89. The van der Waals surface area contributed by atoms with Crippen molar-refractivity contribution in [3.05, 3.63) is 29.8 Å². The van der Waals surface area contributed by atoms with Gasteiger partial charge in [0.1, 0.15) is 0 Å². The molecule has 0 amide bonds. The van der Waals surface area contributed by atoms with E-state index in [-0.39, 0.29) is 0 Å². The molecule has 0 radical (unpaired) electrons. The highest BCUT2D eigenvalue weighted by atomic mass is 35.5. The van der Waals surface area contributed by atoms with Crippen molar-refractivity contribution in [1.82, 2.24) is 0 Å². The van der Waals surface area contributed by atoms with Crippen molar-refractivity contribution >= 4 is 23.4 Å². The van der Waals surface area contributed by atoms with Crippen LogP contribution in [-0.4, -0.2) is 11.4 Å². The summed E-state index contributed by atoms with van der Waals surface area (Å²) in [5.41, 5.74) is -0.0432. The minimum absolute atomic E-state index is 0.310. The van der Waals surface area contributed by atoms with Crippen molar-refractivity contribution in [3.63, 3.8) is 0 Å². The van der Waals surface area contributed by atoms with Gasteiger partial charge in [0.05, 0.1) is 0 Å². The Balaban J connectivity index is 2.48. The van der Waals surface area contributed by atoms with Crippen LogP contribution in [0.2, 0.25) is 0 Å². The molecule has 0 aromatic heterocycles. The second-order valence-corrected chi connectivity index (χ2v) is 4.08. The van der Waals surface area contributed by atoms with E-state index in [0.29, 0.717) is 5.75 Å². The molecular formula is C9H10ClFS. The average molecular weight is 205 g/mol. The van der Waals surface area contributed by atoms with Crippen molar-refractivity contribution in [3.8, 4) is 0 Å². The number of alkyl halides is 2. The highest BCUT2D eigenvalue weighted by molar-refractivity contribution is 7.99. The van der Waals surface area contributed by atoms with Gasteiger partial charge in [-0.25, -0.2) is 4.39 Å². The molecule has 0 N–H and O–H groups in total. The molecule has 1 aromatic carbocycles. The third-order valence-electron chi connectivity index (χ3n) is 1.40. The van der Waals surface area contributed by atoms with Crippen molar-refractivity contribution in [2.75, 3.05) is 5.75 Å². The molecule has 0 fully saturated rings. The Labute approximate surface area is 81.1 Å². The lowest BCUT2D eigenvalue weighted by atomic mass is 10.2. The Bertz CT molecular complexity index is 233. The molecule has 0 aliphatic carbocycles. The molecule has 1 aromatic rings. The number of aryl methyl sites for hydroxylation is 1. The number of hydrogen-bond acceptors (Lipinski definition) is 1. The zero-order valence-electron chi connectivity index (χ0n) is 6.76. The summed E-state index contributed by atoms with van der Waals surface area (Å²) >= 11 is 6.60. The molecule has 1 unspecified atom stereocenters. The first-order chi connectivity index (χ1) is 5.68. The molecule has 0 nitrogen and oxygen atoms in total. The van der Waals surface area contributed by atoms with Crippen molar-refractivity contribution in [2.45, 2.75) is 17.5 Å². The Morgan fingerprint density at radius 3 is 2.50 bits per heavy atom. The first-order valence-electron chi connectivity index (χ1n) is 3.66. The highest BCUT2D eigenvalue weighted by Gasteiger charge is 2.00. The zero-order chi connectivity index (χ0) is 8.97. The second kappa shape index (κ2) is 4.73. The Hall–Kier alpha value is -0.210. The number of rotatable bonds is 3. The lowest BCUT2D eigenvalue weighted by Crippen LogP contribution is -1.91. The summed E-state index contributed by atoms with van der Waals surface area (Å²) in [5.74, 6) is 0.310. The third-order valence-corrected chi connectivity index (χ3v) is 2.80. The van der Waals surface area contributed by atoms with E-state index >= 15 is 0 Å². The predicted molar refractivity (Wildman–Crippen MR) is 52.7 cm³/mol. The normalized spacial score (nSPS) is 12.9. The van der Waals surface area contributed by atoms with E-state index in [2.05, 4.69) is 0 Å². The topological polar surface area (TPSA) is 0 Å². The Morgan fingerprint density at radius 1 is 1.42 bits per heavy atom. The van der Waals surface area contributed by atoms with Gasteiger partial charge >= 0.3 is 0 Å². The van der Waals surface area contributed by atoms with Gasteiger partial charge in [-0.05, 0) is 19.1 Å². The van der Waals surface area contributed by atoms with Crippen LogP contribution in [0.25, 0.3) is 0 Å². The average Bonchev–Trinajstić information content (AvgIpc) is 2.03. The van der Waals surface area contributed by atoms with Crippen LogP contribution in [0.3, 0.4) is 0 Å². The molecule has 12 heavy (non-hydrogen) atoms. The van der Waals surface area contributed by atoms with Gasteiger partial charge in [0.2, 0.25) is 0 Å². The lowest BCUT2D eigenvalue weighted by Gasteiger charge is -2.00. The largest absolute Gasteiger partial charge is 0.229 e. The van der Waals surface area contributed by atoms with Crippen LogP contribution in [-0.2, 0) is 0 Å². The first kappa shape index (κ1) is 9.87. The molecule has 0 heterocycles. The van der Waals surface area contributed by atoms with E-state index < -0.39 is 5.63 Å². The van der Waals surface area contributed by atoms with Gasteiger partial charge in [0.15, 0.2) is 5.63 Å². The van der Waals surface area contributed by atoms with E-state index in [1.807, 2.05) is 31.2 Å². The monoisotopic (exact) mass is 204 g/mol. The van der Waals surface area contributed by atoms with Crippen LogP contribution >= 0.6 is 23.4 Å². The van der Waals surface area contributed by atoms with Gasteiger partial charge in [-0.3, -0.25) is 0 Å². The summed E-state index contributed by atoms with van der Waals surface area (Å²) < 4.78 is 12.2. The van der Waals surface area contributed by atoms with Gasteiger partial charge in [0, 0.05) is 10.6 Å². The van der Waals surface area contributed by atoms with Crippen molar-refractivity contribution in [1.29, 1.82) is 0 Å². The van der Waals surface area contributed by atoms with Crippen LogP contribution in [0.15, 0.2) is 29.2 Å². The highest BCUT2D eigenvalue weighted by Crippen LogP contribution is 2.20. The minimum atomic E-state index is -1.25. The summed E-state index contributed by atoms with van der Waals surface area (Å²) in [5, 5.41) is 0. The molecule has 0 saturated heterocycles. The van der Waals surface area contributed by atoms with E-state index in [9.17, 15) is 4.39 Å². The SMILES string of the molecule is Cc1ccc(SCC(F)Cl)cc1. The predicted octanol–water partition coefficient (Wildman–Crippen LogP) is 3.62. The molecule has 0 saturated carbocycles. The number of halogens is 2. The van der Waals surface area contributed by atoms with Gasteiger partial charge in [-0.2, -0.15) is 0 Å². The molecule has 3 heteroatoms. The molecule has 0 spiro atoms. The van der Waals surface area contributed by atoms with Crippen LogP contribution in [0.4, 0.5) is 4.39 Å². The molecular weight excluding hydrogens is 195 g/mol. The van der Waals surface area contributed by atoms with E-state index in [1.54, 1.807) is 0 Å². The standard InChI is InChI=1S/C9H10ClFS/c1-7-2-4-8(5-3-7)12-6-9(10)11/h2-5,9H,6H2,1H3. The molecule has 0 aliphatic heterocycles. The summed E-state index contributed by atoms with van der Waals surface area (Å²) in [6, 6.07) is 7.95. The van der Waals surface area contributed by atoms with Crippen LogP contribution in [0.1, 0.15) is 5.56 Å². The van der Waals surface area contributed by atoms with Crippen molar-refractivity contribution < 1.29 is 4.39 Å². The molecule has 1 rings (SSSR count). The Morgan fingerprint density at radius 2 is 2.00 bits per heavy atom. The maximum absolute atomic E-state index is 12.2. The fourth-order valence-corrected chi connectivity index (χ4v) is 1.63. The summed E-state index contributed by atoms with van der Waals surface area (Å²) in [4.78, 5) is 1.06. The van der Waals surface area contributed by atoms with Gasteiger partial charge in [-0.15, -0.1) is 11.8 Å². The van der Waals surface area contributed by atoms with E-state index in [1.165, 1.54) is 17.3 Å². The van der Waals surface area contributed by atoms with Crippen LogP contribution < -0.4 is 0 Å². The first-order valence-corrected chi connectivity index (χ1v) is 5.08. The fraction of sp³-hybridized carbons (Fsp3) is 0.333. The van der Waals surface area contributed by atoms with Gasteiger partial charge in [0.25, 0.3) is 0 Å². The molecule has 0 aliphatic rings. The fourth-order valence-electron chi connectivity index (χ4n) is 0.794. The smallest absolute Gasteiger partial charge is 0.182 e. The molecule has 0 bridgehead atoms. The minimum Gasteiger partial charge on any atom is -0.229 e. The molecule has 1 atom stereocenters. The summed E-state index contributed by atoms with van der Waals surface area (Å²) in [6.07, 6.45) is 0. The van der Waals surface area contributed by atoms with Crippen LogP contribution in [0, 0.1) is 6.92 Å². The van der Waals surface area contributed by atoms with Gasteiger partial charge in [-0.1, -0.05) is 29.3 Å². The zero-order valence-corrected chi connectivity index (χ0v) is 8.33. The van der Waals surface area contributed by atoms with E-state index in [0.717, 1.165) is 4.90 Å².